The molecule has 2 nitrogen and oxygen atoms in total. The van der Waals surface area contributed by atoms with Crippen molar-refractivity contribution in [3.8, 4) is 0 Å². The van der Waals surface area contributed by atoms with Gasteiger partial charge in [0, 0.05) is 6.42 Å². The zero-order valence-corrected chi connectivity index (χ0v) is 23.6. The SMILES string of the molecule is CCCCCCCCCCCC[N+](C)(CCCCCCCCCCCC)CCC(C)O.[Cl-]. The molecule has 0 bridgehead atoms. The highest BCUT2D eigenvalue weighted by molar-refractivity contribution is 4.53. The maximum Gasteiger partial charge on any atom is 0.0809 e. The number of aliphatic hydroxyl groups excluding tert-OH is 1. The van der Waals surface area contributed by atoms with Gasteiger partial charge in [-0.15, -0.1) is 0 Å². The molecule has 0 saturated heterocycles. The minimum Gasteiger partial charge on any atom is -1.00 e. The van der Waals surface area contributed by atoms with E-state index >= 15 is 0 Å². The topological polar surface area (TPSA) is 20.2 Å². The van der Waals surface area contributed by atoms with E-state index < -0.39 is 0 Å². The molecule has 1 N–H and O–H groups in total. The first-order valence-corrected chi connectivity index (χ1v) is 14.6. The minimum atomic E-state index is -0.155. The summed E-state index contributed by atoms with van der Waals surface area (Å²) in [6.07, 6.45) is 29.1. The zero-order chi connectivity index (χ0) is 23.0. The number of aliphatic hydroxyl groups is 1. The fourth-order valence-electron chi connectivity index (χ4n) is 4.80. The van der Waals surface area contributed by atoms with Crippen LogP contribution in [0.25, 0.3) is 0 Å². The van der Waals surface area contributed by atoms with E-state index in [-0.39, 0.29) is 18.5 Å². The van der Waals surface area contributed by atoms with Crippen LogP contribution in [0.4, 0.5) is 0 Å². The van der Waals surface area contributed by atoms with E-state index in [1.807, 2.05) is 6.92 Å². The molecular weight excluding hydrogens is 414 g/mol. The molecule has 0 heterocycles. The molecule has 0 rings (SSSR count). The summed E-state index contributed by atoms with van der Waals surface area (Å²) in [6.45, 7) is 10.3. The Bertz CT molecular complexity index is 324. The lowest BCUT2D eigenvalue weighted by Gasteiger charge is -2.35. The maximum atomic E-state index is 9.80. The minimum absolute atomic E-state index is 0. The summed E-state index contributed by atoms with van der Waals surface area (Å²) in [5.41, 5.74) is 0. The van der Waals surface area contributed by atoms with Gasteiger partial charge >= 0.3 is 0 Å². The first kappa shape index (κ1) is 34.4. The van der Waals surface area contributed by atoms with Crippen molar-refractivity contribution in [3.05, 3.63) is 0 Å². The molecule has 196 valence electrons. The van der Waals surface area contributed by atoms with Crippen molar-refractivity contribution in [1.29, 1.82) is 0 Å². The Labute approximate surface area is 210 Å². The van der Waals surface area contributed by atoms with E-state index in [1.54, 1.807) is 0 Å². The molecule has 0 amide bonds. The van der Waals surface area contributed by atoms with E-state index in [2.05, 4.69) is 20.9 Å². The van der Waals surface area contributed by atoms with Crippen molar-refractivity contribution in [1.82, 2.24) is 0 Å². The van der Waals surface area contributed by atoms with Gasteiger partial charge in [0.25, 0.3) is 0 Å². The number of quaternary nitrogens is 1. The van der Waals surface area contributed by atoms with E-state index in [0.717, 1.165) is 13.0 Å². The van der Waals surface area contributed by atoms with Crippen LogP contribution >= 0.6 is 0 Å². The molecule has 0 aliphatic carbocycles. The second-order valence-electron chi connectivity index (χ2n) is 10.8. The Morgan fingerprint density at radius 1 is 0.500 bits per heavy atom. The lowest BCUT2D eigenvalue weighted by atomic mass is 10.1. The molecule has 0 aromatic carbocycles. The number of unbranched alkanes of at least 4 members (excludes halogenated alkanes) is 18. The number of halogens is 1. The third-order valence-electron chi connectivity index (χ3n) is 7.19. The molecular formula is C29H62ClNO. The summed E-state index contributed by atoms with van der Waals surface area (Å²) in [5.74, 6) is 0. The molecule has 0 aromatic heterocycles. The predicted molar refractivity (Wildman–Crippen MR) is 141 cm³/mol. The average Bonchev–Trinajstić information content (AvgIpc) is 2.75. The Balaban J connectivity index is 0. The van der Waals surface area contributed by atoms with Crippen LogP contribution in [0.2, 0.25) is 0 Å². The number of hydrogen-bond acceptors (Lipinski definition) is 1. The fraction of sp³-hybridized carbons (Fsp3) is 1.00. The Morgan fingerprint density at radius 2 is 0.781 bits per heavy atom. The van der Waals surface area contributed by atoms with Crippen molar-refractivity contribution in [3.63, 3.8) is 0 Å². The standard InChI is InChI=1S/C29H62NO.ClH/c1-5-7-9-11-13-15-17-19-21-23-26-30(4,28-25-29(3)31)27-24-22-20-18-16-14-12-10-8-6-2;/h29,31H,5-28H2,1-4H3;1H/q+1;/p-1. The molecule has 0 saturated carbocycles. The smallest absolute Gasteiger partial charge is 0.0809 e. The maximum absolute atomic E-state index is 9.80. The molecule has 3 heteroatoms. The number of hydrogen-bond donors (Lipinski definition) is 1. The van der Waals surface area contributed by atoms with E-state index in [0.29, 0.717) is 0 Å². The Kier molecular flexibility index (Phi) is 27.7. The summed E-state index contributed by atoms with van der Waals surface area (Å²) < 4.78 is 1.18. The quantitative estimate of drug-likeness (QED) is 0.126. The van der Waals surface area contributed by atoms with Crippen LogP contribution in [0.5, 0.6) is 0 Å². The third kappa shape index (κ3) is 24.8. The summed E-state index contributed by atoms with van der Waals surface area (Å²) in [5, 5.41) is 9.80. The van der Waals surface area contributed by atoms with Crippen LogP contribution in [-0.2, 0) is 0 Å². The van der Waals surface area contributed by atoms with E-state index in [4.69, 9.17) is 0 Å². The van der Waals surface area contributed by atoms with Crippen LogP contribution in [-0.4, -0.2) is 42.4 Å². The highest BCUT2D eigenvalue weighted by Gasteiger charge is 2.21. The van der Waals surface area contributed by atoms with Gasteiger partial charge in [0.15, 0.2) is 0 Å². The zero-order valence-electron chi connectivity index (χ0n) is 22.8. The Morgan fingerprint density at radius 3 is 1.06 bits per heavy atom. The van der Waals surface area contributed by atoms with Crippen molar-refractivity contribution in [2.24, 2.45) is 0 Å². The van der Waals surface area contributed by atoms with Gasteiger partial charge in [-0.2, -0.15) is 0 Å². The Hall–Kier alpha value is 0.210. The van der Waals surface area contributed by atoms with Gasteiger partial charge in [0.2, 0.25) is 0 Å². The molecule has 0 aliphatic heterocycles. The molecule has 0 spiro atoms. The fourth-order valence-corrected chi connectivity index (χ4v) is 4.80. The first-order chi connectivity index (χ1) is 15.0. The summed E-state index contributed by atoms with van der Waals surface area (Å²) >= 11 is 0. The van der Waals surface area contributed by atoms with Crippen molar-refractivity contribution < 1.29 is 22.0 Å². The molecule has 0 fully saturated rings. The average molecular weight is 476 g/mol. The van der Waals surface area contributed by atoms with Gasteiger partial charge in [-0.1, -0.05) is 117 Å². The van der Waals surface area contributed by atoms with Crippen molar-refractivity contribution >= 4 is 0 Å². The lowest BCUT2D eigenvalue weighted by molar-refractivity contribution is -0.910. The second kappa shape index (κ2) is 25.8. The van der Waals surface area contributed by atoms with Gasteiger partial charge in [-0.3, -0.25) is 0 Å². The monoisotopic (exact) mass is 475 g/mol. The van der Waals surface area contributed by atoms with Gasteiger partial charge < -0.3 is 22.0 Å². The van der Waals surface area contributed by atoms with Gasteiger partial charge in [0.1, 0.15) is 0 Å². The van der Waals surface area contributed by atoms with Crippen LogP contribution in [0, 0.1) is 0 Å². The summed E-state index contributed by atoms with van der Waals surface area (Å²) in [7, 11) is 2.45. The molecule has 0 radical (unpaired) electrons. The summed E-state index contributed by atoms with van der Waals surface area (Å²) in [6, 6.07) is 0. The first-order valence-electron chi connectivity index (χ1n) is 14.6. The van der Waals surface area contributed by atoms with Crippen LogP contribution in [0.15, 0.2) is 0 Å². The lowest BCUT2D eigenvalue weighted by Crippen LogP contribution is -3.00. The highest BCUT2D eigenvalue weighted by Crippen LogP contribution is 2.16. The van der Waals surface area contributed by atoms with Gasteiger partial charge in [-0.25, -0.2) is 0 Å². The highest BCUT2D eigenvalue weighted by atomic mass is 35.5. The van der Waals surface area contributed by atoms with Crippen molar-refractivity contribution in [2.75, 3.05) is 26.7 Å². The van der Waals surface area contributed by atoms with Crippen molar-refractivity contribution in [2.45, 2.75) is 162 Å². The van der Waals surface area contributed by atoms with Crippen LogP contribution < -0.4 is 12.4 Å². The third-order valence-corrected chi connectivity index (χ3v) is 7.19. The van der Waals surface area contributed by atoms with Crippen LogP contribution in [0.1, 0.15) is 156 Å². The van der Waals surface area contributed by atoms with E-state index in [1.165, 1.54) is 146 Å². The second-order valence-corrected chi connectivity index (χ2v) is 10.8. The molecule has 1 unspecified atom stereocenters. The van der Waals surface area contributed by atoms with Gasteiger partial charge in [-0.05, 0) is 32.6 Å². The molecule has 0 aliphatic rings. The normalized spacial score (nSPS) is 12.7. The molecule has 0 aromatic rings. The summed E-state index contributed by atoms with van der Waals surface area (Å²) in [4.78, 5) is 0. The molecule has 1 atom stereocenters. The number of rotatable bonds is 25. The molecule has 32 heavy (non-hydrogen) atoms. The van der Waals surface area contributed by atoms with Crippen LogP contribution in [0.3, 0.4) is 0 Å². The van der Waals surface area contributed by atoms with Gasteiger partial charge in [0.05, 0.1) is 32.8 Å². The number of nitrogens with zero attached hydrogens (tertiary/aromatic N) is 1. The van der Waals surface area contributed by atoms with E-state index in [9.17, 15) is 5.11 Å². The largest absolute Gasteiger partial charge is 1.00 e. The predicted octanol–water partition coefficient (Wildman–Crippen LogP) is 6.05.